The molecule has 0 saturated carbocycles. The van der Waals surface area contributed by atoms with Crippen LogP contribution < -0.4 is 5.32 Å². The van der Waals surface area contributed by atoms with E-state index in [2.05, 4.69) is 75.6 Å². The van der Waals surface area contributed by atoms with Crippen LogP contribution in [0, 0.1) is 0 Å². The van der Waals surface area contributed by atoms with E-state index in [1.807, 2.05) is 109 Å². The van der Waals surface area contributed by atoms with Crippen molar-refractivity contribution in [1.29, 1.82) is 0 Å². The number of halogens is 2. The quantitative estimate of drug-likeness (QED) is 0.116. The van der Waals surface area contributed by atoms with Gasteiger partial charge in [0.05, 0.1) is 4.47 Å². The predicted molar refractivity (Wildman–Crippen MR) is 228 cm³/mol. The monoisotopic (exact) mass is 837 g/mol. The number of benzene rings is 5. The van der Waals surface area contributed by atoms with Crippen LogP contribution in [0.1, 0.15) is 72.2 Å². The average molecular weight is 839 g/mol. The van der Waals surface area contributed by atoms with Gasteiger partial charge in [0.2, 0.25) is 5.82 Å². The molecule has 0 unspecified atom stereocenters. The summed E-state index contributed by atoms with van der Waals surface area (Å²) in [5, 5.41) is 18.8. The number of fused-ring (bicyclic) bond motifs is 1. The molecule has 0 radical (unpaired) electrons. The number of rotatable bonds is 13. The van der Waals surface area contributed by atoms with Gasteiger partial charge in [-0.1, -0.05) is 146 Å². The van der Waals surface area contributed by atoms with Crippen LogP contribution in [0.15, 0.2) is 142 Å². The molecule has 0 aliphatic carbocycles. The molecule has 0 atom stereocenters. The van der Waals surface area contributed by atoms with Crippen molar-refractivity contribution in [3.8, 4) is 22.7 Å². The van der Waals surface area contributed by atoms with Crippen LogP contribution in [0.4, 0.5) is 0 Å². The smallest absolute Gasteiger partial charge is 0.271 e. The summed E-state index contributed by atoms with van der Waals surface area (Å²) >= 11 is 10.5. The minimum Gasteiger partial charge on any atom is -0.455 e. The van der Waals surface area contributed by atoms with Gasteiger partial charge in [-0.25, -0.2) is 4.98 Å². The summed E-state index contributed by atoms with van der Waals surface area (Å²) in [6.07, 6.45) is 2.64. The summed E-state index contributed by atoms with van der Waals surface area (Å²) in [7, 11) is 0. The molecule has 0 spiro atoms. The van der Waals surface area contributed by atoms with Crippen molar-refractivity contribution in [2.45, 2.75) is 58.2 Å². The number of hydrogen-bond acceptors (Lipinski definition) is 6. The first-order valence-electron chi connectivity index (χ1n) is 19.1. The second kappa shape index (κ2) is 16.3. The van der Waals surface area contributed by atoms with Crippen LogP contribution in [-0.4, -0.2) is 41.7 Å². The fraction of sp³-hybridized carbons (Fsp3) is 0.196. The third-order valence-corrected chi connectivity index (χ3v) is 11.2. The second-order valence-electron chi connectivity index (χ2n) is 14.3. The third-order valence-electron chi connectivity index (χ3n) is 10.1. The van der Waals surface area contributed by atoms with Crippen molar-refractivity contribution in [2.75, 3.05) is 0 Å². The number of carbonyl (C=O) groups excluding carboxylic acids is 1. The molecule has 1 N–H and O–H groups in total. The number of amides is 1. The molecule has 8 rings (SSSR count). The number of unbranched alkanes of at least 4 members (excludes halogenated alkanes) is 1. The predicted octanol–water partition coefficient (Wildman–Crippen LogP) is 10.7. The first-order chi connectivity index (χ1) is 27.8. The van der Waals surface area contributed by atoms with Crippen LogP contribution in [0.5, 0.6) is 0 Å². The minimum absolute atomic E-state index is 0.0468. The van der Waals surface area contributed by atoms with Crippen LogP contribution in [0.2, 0.25) is 5.15 Å². The van der Waals surface area contributed by atoms with Crippen molar-refractivity contribution in [1.82, 2.24) is 35.1 Å². The third kappa shape index (κ3) is 7.19. The zero-order valence-corrected chi connectivity index (χ0v) is 34.2. The number of aryl methyl sites for hydroxylation is 1. The van der Waals surface area contributed by atoms with Gasteiger partial charge in [-0.3, -0.25) is 4.79 Å². The van der Waals surface area contributed by atoms with Crippen LogP contribution in [0.25, 0.3) is 33.7 Å². The number of hydrogen-bond donors (Lipinski definition) is 1. The van der Waals surface area contributed by atoms with Crippen LogP contribution in [-0.2, 0) is 18.5 Å². The Balaban J connectivity index is 1.20. The number of aromatic nitrogens is 6. The fourth-order valence-electron chi connectivity index (χ4n) is 7.50. The summed E-state index contributed by atoms with van der Waals surface area (Å²) in [4.78, 5) is 19.7. The Morgan fingerprint density at radius 3 is 2.04 bits per heavy atom. The van der Waals surface area contributed by atoms with Crippen molar-refractivity contribution in [2.24, 2.45) is 0 Å². The Labute approximate surface area is 344 Å². The summed E-state index contributed by atoms with van der Waals surface area (Å²) in [5.41, 5.74) is 5.70. The lowest BCUT2D eigenvalue weighted by Crippen LogP contribution is -2.39. The number of nitrogens with one attached hydrogen (secondary N) is 1. The molecule has 9 nitrogen and oxygen atoms in total. The molecule has 5 aromatic carbocycles. The lowest BCUT2D eigenvalue weighted by molar-refractivity contribution is 0.0934. The molecular weight excluding hydrogens is 798 g/mol. The SMILES string of the molecule is CCCCc1nc(Cl)c(C(=O)NC(C)C)n1Cc1ccc2oc(-c3ccccc3-c3nnn(C(c4ccccc4)(c4ccccc4)c4ccccc4)n3)c(Br)c2c1. The van der Waals surface area contributed by atoms with Crippen molar-refractivity contribution >= 4 is 44.4 Å². The topological polar surface area (TPSA) is 104 Å². The maximum absolute atomic E-state index is 13.3. The zero-order valence-electron chi connectivity index (χ0n) is 31.9. The molecule has 57 heavy (non-hydrogen) atoms. The second-order valence-corrected chi connectivity index (χ2v) is 15.5. The maximum atomic E-state index is 13.3. The van der Waals surface area contributed by atoms with E-state index in [1.165, 1.54) is 0 Å². The van der Waals surface area contributed by atoms with Gasteiger partial charge < -0.3 is 14.3 Å². The summed E-state index contributed by atoms with van der Waals surface area (Å²) in [6, 6.07) is 44.8. The normalized spacial score (nSPS) is 11.8. The number of imidazole rings is 1. The van der Waals surface area contributed by atoms with Gasteiger partial charge in [-0.05, 0) is 75.8 Å². The van der Waals surface area contributed by atoms with E-state index < -0.39 is 5.54 Å². The highest BCUT2D eigenvalue weighted by atomic mass is 79.9. The zero-order chi connectivity index (χ0) is 39.5. The van der Waals surface area contributed by atoms with E-state index in [1.54, 1.807) is 4.80 Å². The number of furan rings is 1. The number of tetrazole rings is 1. The standard InChI is InChI=1S/C46H41BrClN7O2/c1-4-5-25-39-50-43(48)41(45(56)49-30(2)3)54(39)29-31-26-27-38-37(28-31)40(47)42(57-38)35-23-15-16-24-36(35)44-51-53-55(52-44)46(32-17-9-6-10-18-32,33-19-11-7-12-20-33)34-21-13-8-14-22-34/h6-24,26-28,30H,4-5,25,29H2,1-3H3,(H,49,56). The van der Waals surface area contributed by atoms with Gasteiger partial charge in [-0.2, -0.15) is 0 Å². The first kappa shape index (κ1) is 38.1. The molecule has 1 amide bonds. The Morgan fingerprint density at radius 1 is 0.842 bits per heavy atom. The van der Waals surface area contributed by atoms with E-state index in [0.717, 1.165) is 61.9 Å². The highest BCUT2D eigenvalue weighted by Crippen LogP contribution is 2.43. The Hall–Kier alpha value is -5.84. The van der Waals surface area contributed by atoms with Gasteiger partial charge >= 0.3 is 0 Å². The summed E-state index contributed by atoms with van der Waals surface area (Å²) < 4.78 is 9.32. The van der Waals surface area contributed by atoms with Gasteiger partial charge in [-0.15, -0.1) is 15.0 Å². The summed E-state index contributed by atoms with van der Waals surface area (Å²) in [6.45, 7) is 6.40. The first-order valence-corrected chi connectivity index (χ1v) is 20.3. The molecule has 8 aromatic rings. The molecule has 286 valence electrons. The van der Waals surface area contributed by atoms with Gasteiger partial charge in [0.25, 0.3) is 5.91 Å². The number of carbonyl (C=O) groups is 1. The van der Waals surface area contributed by atoms with Gasteiger partial charge in [0.1, 0.15) is 22.9 Å². The van der Waals surface area contributed by atoms with Crippen molar-refractivity contribution < 1.29 is 9.21 Å². The Morgan fingerprint density at radius 2 is 1.44 bits per heavy atom. The molecule has 0 aliphatic rings. The highest BCUT2D eigenvalue weighted by molar-refractivity contribution is 9.10. The van der Waals surface area contributed by atoms with E-state index >= 15 is 0 Å². The van der Waals surface area contributed by atoms with Crippen LogP contribution >= 0.6 is 27.5 Å². The van der Waals surface area contributed by atoms with E-state index in [4.69, 9.17) is 31.4 Å². The van der Waals surface area contributed by atoms with Crippen molar-refractivity contribution in [3.63, 3.8) is 0 Å². The Bertz CT molecular complexity index is 2560. The Kier molecular flexibility index (Phi) is 10.9. The van der Waals surface area contributed by atoms with E-state index in [-0.39, 0.29) is 17.1 Å². The molecule has 0 fully saturated rings. The molecular formula is C46H41BrClN7O2. The van der Waals surface area contributed by atoms with Gasteiger partial charge in [0, 0.05) is 35.5 Å². The maximum Gasteiger partial charge on any atom is 0.271 e. The molecule has 11 heteroatoms. The largest absolute Gasteiger partial charge is 0.455 e. The average Bonchev–Trinajstić information content (AvgIpc) is 3.94. The van der Waals surface area contributed by atoms with Crippen LogP contribution in [0.3, 0.4) is 0 Å². The highest BCUT2D eigenvalue weighted by Gasteiger charge is 2.41. The molecule has 3 heterocycles. The minimum atomic E-state index is -0.911. The summed E-state index contributed by atoms with van der Waals surface area (Å²) in [5.74, 6) is 1.64. The van der Waals surface area contributed by atoms with Crippen molar-refractivity contribution in [3.05, 3.63) is 177 Å². The van der Waals surface area contributed by atoms with E-state index in [9.17, 15) is 4.79 Å². The molecule has 0 saturated heterocycles. The molecule has 3 aromatic heterocycles. The fourth-order valence-corrected chi connectivity index (χ4v) is 8.39. The number of nitrogens with zero attached hydrogens (tertiary/aromatic N) is 6. The molecule has 0 bridgehead atoms. The van der Waals surface area contributed by atoms with Gasteiger partial charge in [0.15, 0.2) is 10.7 Å². The lowest BCUT2D eigenvalue weighted by Gasteiger charge is -2.34. The molecule has 0 aliphatic heterocycles. The lowest BCUT2D eigenvalue weighted by atomic mass is 9.77. The van der Waals surface area contributed by atoms with E-state index in [0.29, 0.717) is 35.8 Å².